The molecule has 1 amide bonds. The lowest BCUT2D eigenvalue weighted by atomic mass is 9.82. The van der Waals surface area contributed by atoms with E-state index in [1.54, 1.807) is 48.3 Å². The Kier molecular flexibility index (Phi) is 5.62. The number of aliphatic hydroxyl groups excluding tert-OH is 1. The predicted octanol–water partition coefficient (Wildman–Crippen LogP) is 4.01. The fourth-order valence-corrected chi connectivity index (χ4v) is 8.66. The fourth-order valence-electron chi connectivity index (χ4n) is 6.12. The van der Waals surface area contributed by atoms with Crippen molar-refractivity contribution >= 4 is 30.9 Å². The van der Waals surface area contributed by atoms with Crippen molar-refractivity contribution in [1.82, 2.24) is 9.78 Å². The van der Waals surface area contributed by atoms with Crippen molar-refractivity contribution in [2.24, 2.45) is 5.92 Å². The molecule has 9 heteroatoms. The number of hydrogen-bond donors (Lipinski definition) is 2. The lowest BCUT2D eigenvalue weighted by Crippen LogP contribution is -2.45. The van der Waals surface area contributed by atoms with Crippen LogP contribution in [0.25, 0.3) is 16.6 Å². The molecule has 1 aromatic heterocycles. The van der Waals surface area contributed by atoms with Crippen LogP contribution in [0.2, 0.25) is 18.6 Å². The molecular weight excluding hydrogens is 465 g/mol. The lowest BCUT2D eigenvalue weighted by molar-refractivity contribution is -0.146. The first-order valence-electron chi connectivity index (χ1n) is 11.9. The highest BCUT2D eigenvalue weighted by molar-refractivity contribution is 6.72. The number of fused-ring (bicyclic) bond motifs is 3. The van der Waals surface area contributed by atoms with Crippen LogP contribution in [-0.4, -0.2) is 48.5 Å². The normalized spacial score (nSPS) is 26.1. The van der Waals surface area contributed by atoms with Gasteiger partial charge in [0.25, 0.3) is 11.5 Å². The highest BCUT2D eigenvalue weighted by atomic mass is 28.4. The van der Waals surface area contributed by atoms with Gasteiger partial charge in [0.05, 0.1) is 28.4 Å². The van der Waals surface area contributed by atoms with Gasteiger partial charge in [0.2, 0.25) is 8.41 Å². The van der Waals surface area contributed by atoms with E-state index in [1.807, 2.05) is 25.1 Å². The van der Waals surface area contributed by atoms with Crippen LogP contribution >= 0.6 is 0 Å². The molecule has 1 fully saturated rings. The van der Waals surface area contributed by atoms with E-state index in [2.05, 4.69) is 11.7 Å². The van der Waals surface area contributed by atoms with Crippen LogP contribution in [0.3, 0.4) is 0 Å². The number of anilines is 1. The standard InChI is InChI=1S/C26H30FN3O4Si/c1-5-13-29-21-11-10-17(30-24(32)18-8-6-7-9-20(18)28-30)15-19(21)26(25(29)33)16(2)23(35(3,4)27)22(34-26)12-14-31/h5-11,15-16,22-23,28,31H,1,12-14H2,2-4H3/t16-,22+,23-,26+/m0/s1. The van der Waals surface area contributed by atoms with E-state index in [4.69, 9.17) is 4.74 Å². The number of aromatic amines is 1. The molecule has 35 heavy (non-hydrogen) atoms. The number of para-hydroxylation sites is 1. The Bertz CT molecular complexity index is 1380. The van der Waals surface area contributed by atoms with Gasteiger partial charge in [0, 0.05) is 30.2 Å². The van der Waals surface area contributed by atoms with E-state index in [0.717, 1.165) is 0 Å². The number of hydrogen-bond acceptors (Lipinski definition) is 4. The summed E-state index contributed by atoms with van der Waals surface area (Å²) in [5, 5.41) is 13.4. The maximum absolute atomic E-state index is 15.6. The Hall–Kier alpha value is -3.01. The van der Waals surface area contributed by atoms with E-state index in [-0.39, 0.29) is 31.0 Å². The molecule has 3 aromatic rings. The monoisotopic (exact) mass is 495 g/mol. The SMILES string of the molecule is C=CCN1C(=O)[C@]2(O[C@H](CCO)[C@@H]([Si](C)(C)F)[C@@H]2C)c2cc(-n3[nH]c4ccccc4c3=O)ccc21. The van der Waals surface area contributed by atoms with Crippen LogP contribution in [0.1, 0.15) is 18.9 Å². The van der Waals surface area contributed by atoms with E-state index >= 15 is 4.11 Å². The molecule has 0 saturated carbocycles. The van der Waals surface area contributed by atoms with Gasteiger partial charge in [-0.05, 0) is 49.8 Å². The third-order valence-electron chi connectivity index (χ3n) is 7.52. The number of nitrogens with one attached hydrogen (secondary N) is 1. The van der Waals surface area contributed by atoms with Gasteiger partial charge in [-0.2, -0.15) is 0 Å². The third kappa shape index (κ3) is 3.36. The second-order valence-electron chi connectivity index (χ2n) is 9.99. The smallest absolute Gasteiger partial charge is 0.279 e. The number of amides is 1. The van der Waals surface area contributed by atoms with Crippen molar-refractivity contribution in [3.05, 3.63) is 71.0 Å². The Balaban J connectivity index is 1.72. The summed E-state index contributed by atoms with van der Waals surface area (Å²) in [7, 11) is -3.27. The molecule has 2 aliphatic rings. The molecule has 2 aromatic carbocycles. The highest BCUT2D eigenvalue weighted by Gasteiger charge is 2.66. The first-order valence-corrected chi connectivity index (χ1v) is 14.9. The van der Waals surface area contributed by atoms with E-state index in [1.165, 1.54) is 4.68 Å². The van der Waals surface area contributed by atoms with Crippen LogP contribution < -0.4 is 10.5 Å². The molecule has 5 rings (SSSR count). The molecule has 7 nitrogen and oxygen atoms in total. The topological polar surface area (TPSA) is 87.6 Å². The van der Waals surface area contributed by atoms with Crippen LogP contribution in [0.4, 0.5) is 9.80 Å². The fraction of sp³-hybridized carbons (Fsp3) is 0.385. The number of carbonyl (C=O) groups is 1. The van der Waals surface area contributed by atoms with Gasteiger partial charge >= 0.3 is 0 Å². The zero-order valence-electron chi connectivity index (χ0n) is 20.1. The summed E-state index contributed by atoms with van der Waals surface area (Å²) in [5.74, 6) is -0.716. The summed E-state index contributed by atoms with van der Waals surface area (Å²) < 4.78 is 23.6. The highest BCUT2D eigenvalue weighted by Crippen LogP contribution is 2.60. The molecule has 1 saturated heterocycles. The summed E-state index contributed by atoms with van der Waals surface area (Å²) >= 11 is 0. The summed E-state index contributed by atoms with van der Waals surface area (Å²) in [4.78, 5) is 28.7. The summed E-state index contributed by atoms with van der Waals surface area (Å²) in [6, 6.07) is 12.6. The average molecular weight is 496 g/mol. The van der Waals surface area contributed by atoms with Gasteiger partial charge in [-0.1, -0.05) is 25.1 Å². The molecule has 0 unspecified atom stereocenters. The van der Waals surface area contributed by atoms with Gasteiger partial charge in [-0.25, -0.2) is 4.68 Å². The largest absolute Gasteiger partial charge is 0.396 e. The van der Waals surface area contributed by atoms with Gasteiger partial charge in [0.15, 0.2) is 5.60 Å². The second-order valence-corrected chi connectivity index (χ2v) is 13.8. The first kappa shape index (κ1) is 23.7. The van der Waals surface area contributed by atoms with Crippen molar-refractivity contribution < 1.29 is 18.7 Å². The van der Waals surface area contributed by atoms with Crippen molar-refractivity contribution in [2.45, 2.75) is 43.7 Å². The van der Waals surface area contributed by atoms with Gasteiger partial charge in [-0.15, -0.1) is 6.58 Å². The summed E-state index contributed by atoms with van der Waals surface area (Å²) in [5.41, 5.74) is 0.471. The number of H-pyrrole nitrogens is 1. The van der Waals surface area contributed by atoms with Gasteiger partial charge < -0.3 is 18.9 Å². The number of halogens is 1. The van der Waals surface area contributed by atoms with Gasteiger partial charge in [0.1, 0.15) is 0 Å². The number of carbonyl (C=O) groups excluding carboxylic acids is 1. The molecule has 2 aliphatic heterocycles. The van der Waals surface area contributed by atoms with E-state index in [9.17, 15) is 14.7 Å². The Labute approximate surface area is 204 Å². The lowest BCUT2D eigenvalue weighted by Gasteiger charge is -2.31. The molecule has 1 spiro atoms. The van der Waals surface area contributed by atoms with Crippen LogP contribution in [-0.2, 0) is 15.1 Å². The number of rotatable bonds is 6. The number of benzene rings is 2. The van der Waals surface area contributed by atoms with E-state index in [0.29, 0.717) is 27.8 Å². The number of nitrogens with zero attached hydrogens (tertiary/aromatic N) is 2. The average Bonchev–Trinajstić information content (AvgIpc) is 3.39. The minimum Gasteiger partial charge on any atom is -0.396 e. The second kappa shape index (κ2) is 8.29. The number of ether oxygens (including phenoxy) is 1. The van der Waals surface area contributed by atoms with Crippen molar-refractivity contribution in [1.29, 1.82) is 0 Å². The van der Waals surface area contributed by atoms with Crippen LogP contribution in [0, 0.1) is 5.92 Å². The minimum absolute atomic E-state index is 0.156. The first-order chi connectivity index (χ1) is 16.6. The van der Waals surface area contributed by atoms with Crippen LogP contribution in [0.15, 0.2) is 59.9 Å². The number of aliphatic hydroxyl groups is 1. The van der Waals surface area contributed by atoms with Crippen molar-refractivity contribution in [3.8, 4) is 5.69 Å². The zero-order chi connectivity index (χ0) is 25.1. The minimum atomic E-state index is -3.27. The predicted molar refractivity (Wildman–Crippen MR) is 136 cm³/mol. The Morgan fingerprint density at radius 1 is 1.26 bits per heavy atom. The van der Waals surface area contributed by atoms with Crippen molar-refractivity contribution in [2.75, 3.05) is 18.1 Å². The molecule has 0 bridgehead atoms. The summed E-state index contributed by atoms with van der Waals surface area (Å²) in [6.07, 6.45) is 1.32. The molecular formula is C26H30FN3O4Si. The molecule has 0 radical (unpaired) electrons. The molecule has 0 aliphatic carbocycles. The Morgan fingerprint density at radius 2 is 2.00 bits per heavy atom. The molecule has 4 atom stereocenters. The van der Waals surface area contributed by atoms with Crippen LogP contribution in [0.5, 0.6) is 0 Å². The molecule has 184 valence electrons. The number of aromatic nitrogens is 2. The quantitative estimate of drug-likeness (QED) is 0.307. The summed E-state index contributed by atoms with van der Waals surface area (Å²) in [6.45, 7) is 9.05. The molecule has 2 N–H and O–H groups in total. The van der Waals surface area contributed by atoms with Gasteiger partial charge in [-0.3, -0.25) is 14.7 Å². The maximum Gasteiger partial charge on any atom is 0.279 e. The molecule has 3 heterocycles. The van der Waals surface area contributed by atoms with E-state index < -0.39 is 31.6 Å². The van der Waals surface area contributed by atoms with Crippen molar-refractivity contribution in [3.63, 3.8) is 0 Å². The zero-order valence-corrected chi connectivity index (χ0v) is 21.1. The maximum atomic E-state index is 15.6. The Morgan fingerprint density at radius 3 is 2.66 bits per heavy atom. The third-order valence-corrected chi connectivity index (χ3v) is 9.98.